The molecule has 0 aliphatic heterocycles. The molecule has 1 aliphatic rings. The van der Waals surface area contributed by atoms with Gasteiger partial charge in [0.05, 0.1) is 14.2 Å². The van der Waals surface area contributed by atoms with Crippen LogP contribution in [0.15, 0.2) is 0 Å². The van der Waals surface area contributed by atoms with E-state index in [9.17, 15) is 9.59 Å². The summed E-state index contributed by atoms with van der Waals surface area (Å²) in [5.74, 6) is -0.106. The van der Waals surface area contributed by atoms with E-state index in [0.717, 1.165) is 6.04 Å². The molecule has 0 spiro atoms. The minimum atomic E-state index is -1.24. The van der Waals surface area contributed by atoms with E-state index in [1.54, 1.807) is 0 Å². The molecule has 1 rings (SSSR count). The lowest BCUT2D eigenvalue weighted by atomic mass is 9.85. The Morgan fingerprint density at radius 1 is 1.15 bits per heavy atom. The van der Waals surface area contributed by atoms with Crippen molar-refractivity contribution in [2.45, 2.75) is 51.9 Å². The van der Waals surface area contributed by atoms with Crippen LogP contribution < -0.4 is 0 Å². The van der Waals surface area contributed by atoms with Gasteiger partial charge in [-0.3, -0.25) is 9.59 Å². The Hall–Kier alpha value is -0.843. The van der Waals surface area contributed by atoms with Crippen LogP contribution in [-0.4, -0.2) is 34.2 Å². The third kappa shape index (κ3) is 3.24. The van der Waals surface area contributed by atoms with Crippen LogP contribution in [0.2, 0.25) is 25.2 Å². The van der Waals surface area contributed by atoms with Gasteiger partial charge in [0.15, 0.2) is 5.41 Å². The number of carbonyl (C=O) groups is 2. The molecule has 20 heavy (non-hydrogen) atoms. The maximum atomic E-state index is 12.2. The molecular formula is C15H28O4Si. The molecule has 1 saturated carbocycles. The van der Waals surface area contributed by atoms with Gasteiger partial charge < -0.3 is 9.47 Å². The number of esters is 2. The molecule has 1 fully saturated rings. The van der Waals surface area contributed by atoms with E-state index in [4.69, 9.17) is 9.47 Å². The molecule has 0 N–H and O–H groups in total. The zero-order valence-electron chi connectivity index (χ0n) is 13.6. The van der Waals surface area contributed by atoms with Gasteiger partial charge in [0.25, 0.3) is 0 Å². The highest BCUT2D eigenvalue weighted by Gasteiger charge is 2.56. The van der Waals surface area contributed by atoms with Gasteiger partial charge in [-0.15, -0.1) is 0 Å². The van der Waals surface area contributed by atoms with E-state index in [-0.39, 0.29) is 0 Å². The van der Waals surface area contributed by atoms with Gasteiger partial charge >= 0.3 is 11.9 Å². The van der Waals surface area contributed by atoms with Gasteiger partial charge in [-0.2, -0.15) is 0 Å². The molecule has 0 saturated heterocycles. The van der Waals surface area contributed by atoms with Crippen LogP contribution >= 0.6 is 0 Å². The molecule has 0 aromatic carbocycles. The van der Waals surface area contributed by atoms with Crippen LogP contribution in [0.1, 0.15) is 26.7 Å². The maximum absolute atomic E-state index is 12.2. The molecule has 2 atom stereocenters. The number of rotatable bonds is 5. The minimum absolute atomic E-state index is 0.353. The Morgan fingerprint density at radius 3 is 2.05 bits per heavy atom. The average molecular weight is 300 g/mol. The Labute approximate surface area is 123 Å². The van der Waals surface area contributed by atoms with Crippen LogP contribution in [0, 0.1) is 17.3 Å². The third-order valence-corrected chi connectivity index (χ3v) is 8.55. The SMILES string of the molecule is CC[Si](C)(C)C[C@H]1CC(C(=O)OC)(C(=O)OC)C[C@@H]1C. The molecule has 0 amide bonds. The highest BCUT2D eigenvalue weighted by Crippen LogP contribution is 2.50. The van der Waals surface area contributed by atoms with E-state index in [1.165, 1.54) is 20.3 Å². The van der Waals surface area contributed by atoms with Crippen molar-refractivity contribution in [2.75, 3.05) is 14.2 Å². The molecule has 5 heteroatoms. The lowest BCUT2D eigenvalue weighted by Crippen LogP contribution is -2.39. The van der Waals surface area contributed by atoms with Crippen molar-refractivity contribution in [2.24, 2.45) is 17.3 Å². The van der Waals surface area contributed by atoms with Crippen molar-refractivity contribution >= 4 is 20.0 Å². The first-order valence-corrected chi connectivity index (χ1v) is 10.8. The van der Waals surface area contributed by atoms with E-state index < -0.39 is 25.4 Å². The molecule has 116 valence electrons. The topological polar surface area (TPSA) is 52.6 Å². The Morgan fingerprint density at radius 2 is 1.65 bits per heavy atom. The van der Waals surface area contributed by atoms with Crippen LogP contribution in [0.4, 0.5) is 0 Å². The minimum Gasteiger partial charge on any atom is -0.468 e. The van der Waals surface area contributed by atoms with Crippen molar-refractivity contribution in [3.8, 4) is 0 Å². The van der Waals surface area contributed by atoms with Gasteiger partial charge in [-0.1, -0.05) is 39.0 Å². The summed E-state index contributed by atoms with van der Waals surface area (Å²) in [4.78, 5) is 24.3. The molecule has 0 bridgehead atoms. The zero-order chi connectivity index (χ0) is 15.6. The fourth-order valence-electron chi connectivity index (χ4n) is 3.38. The highest BCUT2D eigenvalue weighted by atomic mass is 28.3. The highest BCUT2D eigenvalue weighted by molar-refractivity contribution is 6.77. The monoisotopic (exact) mass is 300 g/mol. The largest absolute Gasteiger partial charge is 0.468 e. The molecule has 0 aromatic rings. The third-order valence-electron chi connectivity index (χ3n) is 5.01. The predicted octanol–water partition coefficient (Wildman–Crippen LogP) is 3.09. The second-order valence-corrected chi connectivity index (χ2v) is 12.4. The van der Waals surface area contributed by atoms with E-state index in [1.807, 2.05) is 0 Å². The molecule has 0 radical (unpaired) electrons. The first-order valence-electron chi connectivity index (χ1n) is 7.39. The Kier molecular flexibility index (Phi) is 5.41. The van der Waals surface area contributed by atoms with Crippen LogP contribution in [0.25, 0.3) is 0 Å². The molecule has 4 nitrogen and oxygen atoms in total. The van der Waals surface area contributed by atoms with Gasteiger partial charge in [-0.25, -0.2) is 0 Å². The average Bonchev–Trinajstić information content (AvgIpc) is 2.74. The van der Waals surface area contributed by atoms with Crippen LogP contribution in [-0.2, 0) is 19.1 Å². The second-order valence-electron chi connectivity index (χ2n) is 6.93. The van der Waals surface area contributed by atoms with Crippen LogP contribution in [0.5, 0.6) is 0 Å². The number of methoxy groups -OCH3 is 2. The van der Waals surface area contributed by atoms with Crippen molar-refractivity contribution in [3.05, 3.63) is 0 Å². The molecule has 0 aromatic heterocycles. The fraction of sp³-hybridized carbons (Fsp3) is 0.867. The van der Waals surface area contributed by atoms with Crippen molar-refractivity contribution in [1.82, 2.24) is 0 Å². The van der Waals surface area contributed by atoms with Gasteiger partial charge in [0.1, 0.15) is 0 Å². The standard InChI is InChI=1S/C15H28O4Si/c1-7-20(5,6)10-12-9-15(8-11(12)2,13(16)18-3)14(17)19-4/h11-12H,7-10H2,1-6H3/t11-,12+/m0/s1. The van der Waals surface area contributed by atoms with Gasteiger partial charge in [0.2, 0.25) is 0 Å². The second kappa shape index (κ2) is 6.29. The summed E-state index contributed by atoms with van der Waals surface area (Å²) in [6.45, 7) is 9.12. The smallest absolute Gasteiger partial charge is 0.323 e. The summed E-state index contributed by atoms with van der Waals surface area (Å²) in [6.07, 6.45) is 1.12. The van der Waals surface area contributed by atoms with E-state index in [2.05, 4.69) is 26.9 Å². The maximum Gasteiger partial charge on any atom is 0.323 e. The zero-order valence-corrected chi connectivity index (χ0v) is 14.6. The number of carbonyl (C=O) groups excluding carboxylic acids is 2. The molecule has 0 heterocycles. The van der Waals surface area contributed by atoms with Crippen molar-refractivity contribution in [1.29, 1.82) is 0 Å². The fourth-order valence-corrected chi connectivity index (χ4v) is 5.64. The molecule has 1 aliphatic carbocycles. The van der Waals surface area contributed by atoms with Crippen molar-refractivity contribution in [3.63, 3.8) is 0 Å². The summed E-state index contributed by atoms with van der Waals surface area (Å²) in [5.41, 5.74) is -1.08. The first kappa shape index (κ1) is 17.2. The van der Waals surface area contributed by atoms with E-state index >= 15 is 0 Å². The predicted molar refractivity (Wildman–Crippen MR) is 81.1 cm³/mol. The Bertz CT molecular complexity index is 362. The molecular weight excluding hydrogens is 272 g/mol. The lowest BCUT2D eigenvalue weighted by Gasteiger charge is -2.27. The van der Waals surface area contributed by atoms with Gasteiger partial charge in [-0.05, 0) is 24.7 Å². The quantitative estimate of drug-likeness (QED) is 0.445. The first-order chi connectivity index (χ1) is 9.22. The van der Waals surface area contributed by atoms with Crippen molar-refractivity contribution < 1.29 is 19.1 Å². The van der Waals surface area contributed by atoms with Gasteiger partial charge in [0, 0.05) is 8.07 Å². The normalized spacial score (nSPS) is 25.3. The summed E-state index contributed by atoms with van der Waals surface area (Å²) < 4.78 is 9.77. The number of hydrogen-bond donors (Lipinski definition) is 0. The van der Waals surface area contributed by atoms with E-state index in [0.29, 0.717) is 24.7 Å². The van der Waals surface area contributed by atoms with Crippen LogP contribution in [0.3, 0.4) is 0 Å². The number of hydrogen-bond acceptors (Lipinski definition) is 4. The molecule has 0 unspecified atom stereocenters. The summed E-state index contributed by atoms with van der Waals surface area (Å²) in [6, 6.07) is 2.38. The Balaban J connectivity index is 2.98. The summed E-state index contributed by atoms with van der Waals surface area (Å²) in [7, 11) is 1.45. The lowest BCUT2D eigenvalue weighted by molar-refractivity contribution is -0.169. The summed E-state index contributed by atoms with van der Waals surface area (Å²) >= 11 is 0. The summed E-state index contributed by atoms with van der Waals surface area (Å²) in [5, 5.41) is 0. The number of ether oxygens (including phenoxy) is 2.